The molecule has 1 heterocycles. The second-order valence-electron chi connectivity index (χ2n) is 6.69. The first-order chi connectivity index (χ1) is 12.8. The van der Waals surface area contributed by atoms with Crippen molar-refractivity contribution < 1.29 is 14.3 Å². The van der Waals surface area contributed by atoms with E-state index in [1.807, 2.05) is 0 Å². The van der Waals surface area contributed by atoms with Crippen LogP contribution in [0.4, 0.5) is 5.00 Å². The molecule has 0 aromatic carbocycles. The van der Waals surface area contributed by atoms with Crippen molar-refractivity contribution in [3.05, 3.63) is 27.7 Å². The van der Waals surface area contributed by atoms with Gasteiger partial charge in [0, 0.05) is 20.6 Å². The van der Waals surface area contributed by atoms with Gasteiger partial charge in [0.05, 0.1) is 17.6 Å². The highest BCUT2D eigenvalue weighted by Gasteiger charge is 2.26. The van der Waals surface area contributed by atoms with Crippen LogP contribution in [-0.2, 0) is 4.74 Å². The van der Waals surface area contributed by atoms with Crippen LogP contribution < -0.4 is 10.6 Å². The van der Waals surface area contributed by atoms with Gasteiger partial charge in [-0.15, -0.1) is 11.3 Å². The van der Waals surface area contributed by atoms with Crippen molar-refractivity contribution in [1.29, 1.82) is 0 Å². The molecule has 1 aliphatic rings. The first-order valence-electron chi connectivity index (χ1n) is 9.01. The van der Waals surface area contributed by atoms with E-state index in [1.165, 1.54) is 41.8 Å². The van der Waals surface area contributed by atoms with Crippen molar-refractivity contribution in [2.75, 3.05) is 33.1 Å². The number of allylic oxidation sites excluding steroid dienone is 1. The summed E-state index contributed by atoms with van der Waals surface area (Å²) in [5.74, 6) is -0.641. The molecule has 0 unspecified atom stereocenters. The van der Waals surface area contributed by atoms with Crippen LogP contribution in [0.5, 0.6) is 0 Å². The van der Waals surface area contributed by atoms with Crippen molar-refractivity contribution in [2.24, 2.45) is 0 Å². The summed E-state index contributed by atoms with van der Waals surface area (Å²) in [4.78, 5) is 26.6. The van der Waals surface area contributed by atoms with Gasteiger partial charge in [0.2, 0.25) is 0 Å². The van der Waals surface area contributed by atoms with Crippen LogP contribution in [0, 0.1) is 6.92 Å². The minimum Gasteiger partial charge on any atom is -0.465 e. The average Bonchev–Trinajstić information content (AvgIpc) is 2.97. The third-order valence-corrected chi connectivity index (χ3v) is 5.92. The van der Waals surface area contributed by atoms with Crippen LogP contribution in [0.15, 0.2) is 11.6 Å². The summed E-state index contributed by atoms with van der Waals surface area (Å²) in [7, 11) is 4.68. The van der Waals surface area contributed by atoms with Crippen molar-refractivity contribution >= 4 is 45.5 Å². The Hall–Kier alpha value is -1.93. The molecule has 0 radical (unpaired) electrons. The van der Waals surface area contributed by atoms with Crippen molar-refractivity contribution in [3.63, 3.8) is 0 Å². The largest absolute Gasteiger partial charge is 0.465 e. The lowest BCUT2D eigenvalue weighted by Gasteiger charge is -2.14. The number of carbonyl (C=O) groups excluding carboxylic acids is 2. The number of methoxy groups -OCH3 is 1. The predicted molar refractivity (Wildman–Crippen MR) is 114 cm³/mol. The van der Waals surface area contributed by atoms with Crippen LogP contribution in [0.1, 0.15) is 57.7 Å². The predicted octanol–water partition coefficient (Wildman–Crippen LogP) is 3.72. The number of thiocarbonyl (C=S) groups is 1. The fraction of sp³-hybridized carbons (Fsp3) is 0.526. The molecule has 0 saturated carbocycles. The summed E-state index contributed by atoms with van der Waals surface area (Å²) in [5.41, 5.74) is 2.42. The zero-order valence-electron chi connectivity index (χ0n) is 16.3. The van der Waals surface area contributed by atoms with Crippen LogP contribution in [0.25, 0.3) is 0 Å². The van der Waals surface area contributed by atoms with Gasteiger partial charge in [-0.1, -0.05) is 11.6 Å². The Morgan fingerprint density at radius 2 is 2.07 bits per heavy atom. The molecule has 1 aromatic heterocycles. The van der Waals surface area contributed by atoms with Gasteiger partial charge in [-0.3, -0.25) is 4.79 Å². The normalized spacial score (nSPS) is 13.6. The van der Waals surface area contributed by atoms with Crippen molar-refractivity contribution in [1.82, 2.24) is 10.2 Å². The standard InChI is InChI=1S/C19H27N3O3S2/c1-12-14(18(24)25-4)16(27-15(12)17(23)22(2)3)21-19(26)20-11-10-13-8-6-5-7-9-13/h8H,5-7,9-11H2,1-4H3,(H2,20,21,26). The molecule has 0 atom stereocenters. The van der Waals surface area contributed by atoms with Crippen LogP contribution in [0.3, 0.4) is 0 Å². The van der Waals surface area contributed by atoms with Gasteiger partial charge < -0.3 is 20.3 Å². The van der Waals surface area contributed by atoms with E-state index in [0.29, 0.717) is 26.1 Å². The highest BCUT2D eigenvalue weighted by Crippen LogP contribution is 2.34. The molecule has 0 aliphatic heterocycles. The number of thiophene rings is 1. The number of nitrogens with one attached hydrogen (secondary N) is 2. The fourth-order valence-electron chi connectivity index (χ4n) is 2.97. The smallest absolute Gasteiger partial charge is 0.341 e. The molecule has 1 aliphatic carbocycles. The van der Waals surface area contributed by atoms with Gasteiger partial charge >= 0.3 is 5.97 Å². The fourth-order valence-corrected chi connectivity index (χ4v) is 4.46. The summed E-state index contributed by atoms with van der Waals surface area (Å²) in [6.07, 6.45) is 8.14. The molecular formula is C19H27N3O3S2. The summed E-state index contributed by atoms with van der Waals surface area (Å²) >= 11 is 6.59. The zero-order chi connectivity index (χ0) is 20.0. The lowest BCUT2D eigenvalue weighted by molar-refractivity contribution is 0.0601. The molecule has 0 saturated heterocycles. The lowest BCUT2D eigenvalue weighted by atomic mass is 9.97. The number of carbonyl (C=O) groups is 2. The van der Waals surface area contributed by atoms with E-state index in [1.54, 1.807) is 21.0 Å². The molecular weight excluding hydrogens is 382 g/mol. The maximum atomic E-state index is 12.4. The molecule has 6 nitrogen and oxygen atoms in total. The van der Waals surface area contributed by atoms with Crippen molar-refractivity contribution in [2.45, 2.75) is 39.0 Å². The zero-order valence-corrected chi connectivity index (χ0v) is 17.9. The Balaban J connectivity index is 2.08. The van der Waals surface area contributed by atoms with Crippen molar-refractivity contribution in [3.8, 4) is 0 Å². The summed E-state index contributed by atoms with van der Waals surface area (Å²) < 4.78 is 4.89. The Bertz CT molecular complexity index is 754. The summed E-state index contributed by atoms with van der Waals surface area (Å²) in [5, 5.41) is 7.21. The molecule has 1 aromatic rings. The number of amides is 1. The molecule has 2 rings (SSSR count). The SMILES string of the molecule is COC(=O)c1c(NC(=S)NCCC2=CCCCC2)sc(C(=O)N(C)C)c1C. The molecule has 8 heteroatoms. The molecule has 27 heavy (non-hydrogen) atoms. The third-order valence-electron chi connectivity index (χ3n) is 4.48. The first-order valence-corrected chi connectivity index (χ1v) is 10.2. The quantitative estimate of drug-likeness (QED) is 0.424. The Kier molecular flexibility index (Phi) is 7.79. The first kappa shape index (κ1) is 21.4. The Labute approximate surface area is 170 Å². The molecule has 0 fully saturated rings. The van der Waals surface area contributed by atoms with E-state index in [9.17, 15) is 9.59 Å². The highest BCUT2D eigenvalue weighted by molar-refractivity contribution is 7.80. The Morgan fingerprint density at radius 1 is 1.33 bits per heavy atom. The number of rotatable bonds is 6. The monoisotopic (exact) mass is 409 g/mol. The minimum atomic E-state index is -0.487. The average molecular weight is 410 g/mol. The topological polar surface area (TPSA) is 70.7 Å². The molecule has 0 spiro atoms. The number of hydrogen-bond acceptors (Lipinski definition) is 5. The summed E-state index contributed by atoms with van der Waals surface area (Å²) in [6, 6.07) is 0. The maximum absolute atomic E-state index is 12.4. The number of hydrogen-bond donors (Lipinski definition) is 2. The number of nitrogens with zero attached hydrogens (tertiary/aromatic N) is 1. The van der Waals surface area contributed by atoms with E-state index < -0.39 is 5.97 Å². The molecule has 148 valence electrons. The van der Waals surface area contributed by atoms with Crippen LogP contribution >= 0.6 is 23.6 Å². The number of esters is 1. The summed E-state index contributed by atoms with van der Waals surface area (Å²) in [6.45, 7) is 2.48. The van der Waals surface area contributed by atoms with Crippen LogP contribution in [-0.4, -0.2) is 49.6 Å². The second kappa shape index (κ2) is 9.85. The van der Waals surface area contributed by atoms with Gasteiger partial charge in [0.25, 0.3) is 5.91 Å². The van der Waals surface area contributed by atoms with Gasteiger partial charge in [-0.05, 0) is 56.8 Å². The van der Waals surface area contributed by atoms with E-state index in [-0.39, 0.29) is 5.91 Å². The van der Waals surface area contributed by atoms with E-state index in [0.717, 1.165) is 25.8 Å². The van der Waals surface area contributed by atoms with E-state index in [2.05, 4.69) is 16.7 Å². The third kappa shape index (κ3) is 5.52. The van der Waals surface area contributed by atoms with E-state index in [4.69, 9.17) is 17.0 Å². The number of anilines is 1. The minimum absolute atomic E-state index is 0.154. The van der Waals surface area contributed by atoms with E-state index >= 15 is 0 Å². The van der Waals surface area contributed by atoms with Gasteiger partial charge in [0.1, 0.15) is 5.00 Å². The number of ether oxygens (including phenoxy) is 1. The maximum Gasteiger partial charge on any atom is 0.341 e. The van der Waals surface area contributed by atoms with Gasteiger partial charge in [-0.2, -0.15) is 0 Å². The Morgan fingerprint density at radius 3 is 2.67 bits per heavy atom. The lowest BCUT2D eigenvalue weighted by Crippen LogP contribution is -2.29. The molecule has 2 N–H and O–H groups in total. The second-order valence-corrected chi connectivity index (χ2v) is 8.12. The van der Waals surface area contributed by atoms with Gasteiger partial charge in [0.15, 0.2) is 5.11 Å². The van der Waals surface area contributed by atoms with Gasteiger partial charge in [-0.25, -0.2) is 4.79 Å². The molecule has 0 bridgehead atoms. The highest BCUT2D eigenvalue weighted by atomic mass is 32.1. The molecule has 1 amide bonds. The van der Waals surface area contributed by atoms with Crippen LogP contribution in [0.2, 0.25) is 0 Å².